The maximum Gasteiger partial charge on any atom is 0.255 e. The molecule has 0 atom stereocenters. The Kier molecular flexibility index (Phi) is 7.84. The summed E-state index contributed by atoms with van der Waals surface area (Å²) in [4.78, 5) is 19.2. The molecule has 1 aliphatic rings. The Morgan fingerprint density at radius 3 is 2.32 bits per heavy atom. The van der Waals surface area contributed by atoms with E-state index in [0.29, 0.717) is 29.5 Å². The molecule has 0 bridgehead atoms. The van der Waals surface area contributed by atoms with Crippen molar-refractivity contribution in [2.24, 2.45) is 0 Å². The second-order valence-corrected chi connectivity index (χ2v) is 9.06. The maximum absolute atomic E-state index is 12.9. The fourth-order valence-corrected chi connectivity index (χ4v) is 4.71. The highest BCUT2D eigenvalue weighted by Crippen LogP contribution is 2.33. The fourth-order valence-electron chi connectivity index (χ4n) is 4.71. The Labute approximate surface area is 202 Å². The van der Waals surface area contributed by atoms with Crippen molar-refractivity contribution in [3.05, 3.63) is 77.5 Å². The third kappa shape index (κ3) is 5.58. The molecule has 0 spiro atoms. The first-order chi connectivity index (χ1) is 16.6. The van der Waals surface area contributed by atoms with Gasteiger partial charge in [0, 0.05) is 25.4 Å². The van der Waals surface area contributed by atoms with E-state index in [9.17, 15) is 4.79 Å². The molecule has 4 rings (SSSR count). The minimum absolute atomic E-state index is 0.0350. The summed E-state index contributed by atoms with van der Waals surface area (Å²) < 4.78 is 10.7. The number of likely N-dealkylation sites (N-methyl/N-ethyl adjacent to an activating group) is 1. The van der Waals surface area contributed by atoms with Crippen molar-refractivity contribution >= 4 is 5.91 Å². The zero-order valence-corrected chi connectivity index (χ0v) is 20.4. The maximum atomic E-state index is 12.9. The molecule has 5 nitrogen and oxygen atoms in total. The van der Waals surface area contributed by atoms with Crippen LogP contribution in [-0.4, -0.2) is 43.6 Å². The molecule has 178 valence electrons. The lowest BCUT2D eigenvalue weighted by Crippen LogP contribution is -2.28. The summed E-state index contributed by atoms with van der Waals surface area (Å²) in [5, 5.41) is 0. The van der Waals surface area contributed by atoms with E-state index in [2.05, 4.69) is 29.2 Å². The summed E-state index contributed by atoms with van der Waals surface area (Å²) in [6.45, 7) is 0.596. The summed E-state index contributed by atoms with van der Waals surface area (Å²) in [6.07, 6.45) is 9.05. The minimum Gasteiger partial charge on any atom is -0.493 e. The van der Waals surface area contributed by atoms with Crippen molar-refractivity contribution in [3.8, 4) is 22.8 Å². The predicted molar refractivity (Wildman–Crippen MR) is 136 cm³/mol. The van der Waals surface area contributed by atoms with Gasteiger partial charge in [0.15, 0.2) is 11.5 Å². The van der Waals surface area contributed by atoms with Gasteiger partial charge in [-0.15, -0.1) is 0 Å². The standard InChI is InChI=1S/C29H34N2O3/c1-31(18-17-21-9-16-27(33-2)28(19-21)34-3)29(32)25-14-15-26(30-20-25)24-12-10-23(11-13-24)22-7-5-4-6-8-22/h9-16,19-20,22H,4-8,17-18H2,1-3H3. The molecule has 1 heterocycles. The minimum atomic E-state index is -0.0350. The van der Waals surface area contributed by atoms with Crippen molar-refractivity contribution < 1.29 is 14.3 Å². The van der Waals surface area contributed by atoms with E-state index in [0.717, 1.165) is 23.2 Å². The Morgan fingerprint density at radius 1 is 0.941 bits per heavy atom. The van der Waals surface area contributed by atoms with E-state index >= 15 is 0 Å². The first kappa shape index (κ1) is 23.8. The number of aromatic nitrogens is 1. The van der Waals surface area contributed by atoms with Crippen molar-refractivity contribution in [1.82, 2.24) is 9.88 Å². The summed E-state index contributed by atoms with van der Waals surface area (Å²) in [7, 11) is 5.07. The van der Waals surface area contributed by atoms with E-state index in [1.54, 1.807) is 25.3 Å². The predicted octanol–water partition coefficient (Wildman–Crippen LogP) is 6.13. The molecule has 0 N–H and O–H groups in total. The number of ether oxygens (including phenoxy) is 2. The molecule has 1 aliphatic carbocycles. The highest BCUT2D eigenvalue weighted by atomic mass is 16.5. The SMILES string of the molecule is COc1ccc(CCN(C)C(=O)c2ccc(-c3ccc(C4CCCCC4)cc3)nc2)cc1OC. The van der Waals surface area contributed by atoms with Crippen LogP contribution < -0.4 is 9.47 Å². The second kappa shape index (κ2) is 11.2. The number of amides is 1. The van der Waals surface area contributed by atoms with E-state index in [-0.39, 0.29) is 5.91 Å². The van der Waals surface area contributed by atoms with Crippen LogP contribution in [-0.2, 0) is 6.42 Å². The summed E-state index contributed by atoms with van der Waals surface area (Å²) in [5.74, 6) is 2.06. The number of methoxy groups -OCH3 is 2. The number of pyridine rings is 1. The van der Waals surface area contributed by atoms with Gasteiger partial charge in [0.1, 0.15) is 0 Å². The van der Waals surface area contributed by atoms with Gasteiger partial charge in [-0.05, 0) is 60.6 Å². The van der Waals surface area contributed by atoms with Gasteiger partial charge >= 0.3 is 0 Å². The molecule has 5 heteroatoms. The van der Waals surface area contributed by atoms with Gasteiger partial charge < -0.3 is 14.4 Å². The third-order valence-electron chi connectivity index (χ3n) is 6.82. The van der Waals surface area contributed by atoms with Crippen LogP contribution in [0.5, 0.6) is 11.5 Å². The molecule has 1 fully saturated rings. The molecule has 34 heavy (non-hydrogen) atoms. The molecular formula is C29H34N2O3. The molecule has 0 aliphatic heterocycles. The van der Waals surface area contributed by atoms with Crippen molar-refractivity contribution in [1.29, 1.82) is 0 Å². The summed E-state index contributed by atoms with van der Waals surface area (Å²) >= 11 is 0. The van der Waals surface area contributed by atoms with Gasteiger partial charge in [0.05, 0.1) is 25.5 Å². The Bertz CT molecular complexity index is 1090. The first-order valence-electron chi connectivity index (χ1n) is 12.1. The zero-order valence-electron chi connectivity index (χ0n) is 20.4. The largest absolute Gasteiger partial charge is 0.493 e. The van der Waals surface area contributed by atoms with Crippen LogP contribution in [0.2, 0.25) is 0 Å². The highest BCUT2D eigenvalue weighted by Gasteiger charge is 2.16. The average molecular weight is 459 g/mol. The number of hydrogen-bond donors (Lipinski definition) is 0. The van der Waals surface area contributed by atoms with Crippen LogP contribution in [0.15, 0.2) is 60.8 Å². The van der Waals surface area contributed by atoms with Gasteiger partial charge in [-0.2, -0.15) is 0 Å². The summed E-state index contributed by atoms with van der Waals surface area (Å²) in [6, 6.07) is 18.4. The molecule has 1 saturated carbocycles. The van der Waals surface area contributed by atoms with Crippen LogP contribution >= 0.6 is 0 Å². The van der Waals surface area contributed by atoms with Crippen molar-refractivity contribution in [2.45, 2.75) is 44.4 Å². The third-order valence-corrected chi connectivity index (χ3v) is 6.82. The van der Waals surface area contributed by atoms with Crippen LogP contribution in [0.25, 0.3) is 11.3 Å². The number of hydrogen-bond acceptors (Lipinski definition) is 4. The van der Waals surface area contributed by atoms with Gasteiger partial charge in [-0.3, -0.25) is 9.78 Å². The number of carbonyl (C=O) groups excluding carboxylic acids is 1. The van der Waals surface area contributed by atoms with Gasteiger partial charge in [-0.1, -0.05) is 49.6 Å². The molecule has 0 radical (unpaired) electrons. The Balaban J connectivity index is 1.36. The highest BCUT2D eigenvalue weighted by molar-refractivity contribution is 5.94. The zero-order chi connectivity index (χ0) is 23.9. The van der Waals surface area contributed by atoms with Crippen LogP contribution in [0, 0.1) is 0 Å². The van der Waals surface area contributed by atoms with Crippen LogP contribution in [0.3, 0.4) is 0 Å². The number of rotatable bonds is 8. The number of benzene rings is 2. The second-order valence-electron chi connectivity index (χ2n) is 9.06. The molecule has 3 aromatic rings. The lowest BCUT2D eigenvalue weighted by atomic mass is 9.84. The average Bonchev–Trinajstić information content (AvgIpc) is 2.91. The quantitative estimate of drug-likeness (QED) is 0.408. The fraction of sp³-hybridized carbons (Fsp3) is 0.379. The number of carbonyl (C=O) groups is 1. The van der Waals surface area contributed by atoms with E-state index < -0.39 is 0 Å². The lowest BCUT2D eigenvalue weighted by Gasteiger charge is -2.22. The van der Waals surface area contributed by atoms with Gasteiger partial charge in [0.25, 0.3) is 5.91 Å². The molecule has 0 unspecified atom stereocenters. The monoisotopic (exact) mass is 458 g/mol. The smallest absolute Gasteiger partial charge is 0.255 e. The van der Waals surface area contributed by atoms with Gasteiger partial charge in [0.2, 0.25) is 0 Å². The van der Waals surface area contributed by atoms with Crippen LogP contribution in [0.4, 0.5) is 0 Å². The Morgan fingerprint density at radius 2 is 1.68 bits per heavy atom. The van der Waals surface area contributed by atoms with Crippen molar-refractivity contribution in [2.75, 3.05) is 27.8 Å². The normalized spacial score (nSPS) is 14.0. The lowest BCUT2D eigenvalue weighted by molar-refractivity contribution is 0.0796. The van der Waals surface area contributed by atoms with Crippen LogP contribution in [0.1, 0.15) is 59.5 Å². The molecule has 0 saturated heterocycles. The van der Waals surface area contributed by atoms with E-state index in [4.69, 9.17) is 9.47 Å². The first-order valence-corrected chi connectivity index (χ1v) is 12.1. The molecular weight excluding hydrogens is 424 g/mol. The molecule has 2 aromatic carbocycles. The summed E-state index contributed by atoms with van der Waals surface area (Å²) in [5.41, 5.74) is 5.09. The van der Waals surface area contributed by atoms with E-state index in [1.807, 2.05) is 37.4 Å². The van der Waals surface area contributed by atoms with Crippen molar-refractivity contribution in [3.63, 3.8) is 0 Å². The Hall–Kier alpha value is -3.34. The topological polar surface area (TPSA) is 51.7 Å². The molecule has 1 amide bonds. The van der Waals surface area contributed by atoms with E-state index in [1.165, 1.54) is 37.7 Å². The number of nitrogens with zero attached hydrogens (tertiary/aromatic N) is 2. The molecule has 1 aromatic heterocycles. The van der Waals surface area contributed by atoms with Gasteiger partial charge in [-0.25, -0.2) is 0 Å².